The number of carbonyl (C=O) groups is 1. The SMILES string of the molecule is CCCN(C(=O)CSc1nnnn1-c1ccc(OC)cc1)C1=CCCC1. The molecule has 1 heterocycles. The van der Waals surface area contributed by atoms with Crippen LogP contribution >= 0.6 is 11.8 Å². The van der Waals surface area contributed by atoms with E-state index < -0.39 is 0 Å². The van der Waals surface area contributed by atoms with E-state index in [0.717, 1.165) is 49.4 Å². The van der Waals surface area contributed by atoms with Gasteiger partial charge in [-0.25, -0.2) is 0 Å². The minimum atomic E-state index is 0.106. The molecule has 0 saturated carbocycles. The van der Waals surface area contributed by atoms with Crippen LogP contribution in [0.4, 0.5) is 0 Å². The number of aromatic nitrogens is 4. The van der Waals surface area contributed by atoms with Crippen molar-refractivity contribution >= 4 is 17.7 Å². The standard InChI is InChI=1S/C18H23N5O2S/c1-3-12-22(14-6-4-5-7-14)17(24)13-26-18-19-20-21-23(18)15-8-10-16(25-2)11-9-15/h6,8-11H,3-5,7,12-13H2,1-2H3. The molecule has 1 aliphatic rings. The topological polar surface area (TPSA) is 73.1 Å². The molecule has 8 heteroatoms. The van der Waals surface area contributed by atoms with Crippen LogP contribution in [-0.4, -0.2) is 50.4 Å². The largest absolute Gasteiger partial charge is 0.497 e. The molecular formula is C18H23N5O2S. The van der Waals surface area contributed by atoms with E-state index in [2.05, 4.69) is 28.5 Å². The van der Waals surface area contributed by atoms with Gasteiger partial charge in [0.15, 0.2) is 0 Å². The summed E-state index contributed by atoms with van der Waals surface area (Å²) in [5, 5.41) is 12.4. The summed E-state index contributed by atoms with van der Waals surface area (Å²) in [6.07, 6.45) is 6.30. The van der Waals surface area contributed by atoms with Crippen LogP contribution in [0, 0.1) is 0 Å². The highest BCUT2D eigenvalue weighted by molar-refractivity contribution is 7.99. The van der Waals surface area contributed by atoms with Crippen LogP contribution in [-0.2, 0) is 4.79 Å². The van der Waals surface area contributed by atoms with Crippen LogP contribution in [0.25, 0.3) is 5.69 Å². The predicted molar refractivity (Wildman–Crippen MR) is 100 cm³/mol. The van der Waals surface area contributed by atoms with E-state index in [0.29, 0.717) is 10.9 Å². The minimum absolute atomic E-state index is 0.106. The Morgan fingerprint density at radius 3 is 2.81 bits per heavy atom. The number of methoxy groups -OCH3 is 1. The van der Waals surface area contributed by atoms with Gasteiger partial charge in [-0.05, 0) is 60.4 Å². The summed E-state index contributed by atoms with van der Waals surface area (Å²) < 4.78 is 6.81. The molecule has 3 rings (SSSR count). The first kappa shape index (κ1) is 18.4. The van der Waals surface area contributed by atoms with Crippen LogP contribution in [0.2, 0.25) is 0 Å². The third-order valence-electron chi connectivity index (χ3n) is 4.19. The van der Waals surface area contributed by atoms with Crippen molar-refractivity contribution in [1.82, 2.24) is 25.1 Å². The molecule has 0 aliphatic heterocycles. The van der Waals surface area contributed by atoms with Crippen LogP contribution in [0.15, 0.2) is 41.2 Å². The third kappa shape index (κ3) is 4.24. The molecule has 0 spiro atoms. The lowest BCUT2D eigenvalue weighted by Gasteiger charge is -2.23. The zero-order valence-electron chi connectivity index (χ0n) is 15.1. The Morgan fingerprint density at radius 1 is 1.35 bits per heavy atom. The van der Waals surface area contributed by atoms with E-state index in [9.17, 15) is 4.79 Å². The van der Waals surface area contributed by atoms with E-state index in [4.69, 9.17) is 4.74 Å². The molecule has 1 aromatic carbocycles. The number of hydrogen-bond acceptors (Lipinski definition) is 6. The monoisotopic (exact) mass is 373 g/mol. The number of benzene rings is 1. The normalized spacial score (nSPS) is 13.5. The number of amides is 1. The van der Waals surface area contributed by atoms with Gasteiger partial charge in [-0.15, -0.1) is 5.10 Å². The second kappa shape index (κ2) is 8.84. The Labute approximate surface area is 157 Å². The van der Waals surface area contributed by atoms with Crippen molar-refractivity contribution in [2.45, 2.75) is 37.8 Å². The maximum atomic E-state index is 12.7. The van der Waals surface area contributed by atoms with Gasteiger partial charge in [-0.1, -0.05) is 24.8 Å². The Hall–Kier alpha value is -2.35. The summed E-state index contributed by atoms with van der Waals surface area (Å²) in [6, 6.07) is 7.47. The van der Waals surface area contributed by atoms with Gasteiger partial charge in [-0.2, -0.15) is 4.68 Å². The van der Waals surface area contributed by atoms with Crippen LogP contribution in [0.3, 0.4) is 0 Å². The van der Waals surface area contributed by atoms with Crippen molar-refractivity contribution in [1.29, 1.82) is 0 Å². The highest BCUT2D eigenvalue weighted by Crippen LogP contribution is 2.25. The van der Waals surface area contributed by atoms with Crippen LogP contribution in [0.1, 0.15) is 32.6 Å². The summed E-state index contributed by atoms with van der Waals surface area (Å²) >= 11 is 1.36. The van der Waals surface area contributed by atoms with Gasteiger partial charge in [0.05, 0.1) is 18.6 Å². The maximum absolute atomic E-state index is 12.7. The number of allylic oxidation sites excluding steroid dienone is 2. The highest BCUT2D eigenvalue weighted by atomic mass is 32.2. The fourth-order valence-electron chi connectivity index (χ4n) is 2.91. The van der Waals surface area contributed by atoms with Crippen LogP contribution in [0.5, 0.6) is 5.75 Å². The lowest BCUT2D eigenvalue weighted by atomic mass is 10.3. The molecule has 7 nitrogen and oxygen atoms in total. The van der Waals surface area contributed by atoms with Crippen LogP contribution < -0.4 is 4.74 Å². The molecule has 0 unspecified atom stereocenters. The number of rotatable bonds is 8. The number of thioether (sulfide) groups is 1. The molecule has 138 valence electrons. The average molecular weight is 373 g/mol. The van der Waals surface area contributed by atoms with Gasteiger partial charge < -0.3 is 9.64 Å². The number of ether oxygens (including phenoxy) is 1. The first-order valence-electron chi connectivity index (χ1n) is 8.78. The quantitative estimate of drug-likeness (QED) is 0.662. The molecule has 26 heavy (non-hydrogen) atoms. The average Bonchev–Trinajstić information content (AvgIpc) is 3.36. The zero-order valence-corrected chi connectivity index (χ0v) is 15.9. The summed E-state index contributed by atoms with van der Waals surface area (Å²) in [6.45, 7) is 2.85. The van der Waals surface area contributed by atoms with E-state index in [1.54, 1.807) is 11.8 Å². The lowest BCUT2D eigenvalue weighted by Crippen LogP contribution is -2.32. The highest BCUT2D eigenvalue weighted by Gasteiger charge is 2.20. The van der Waals surface area contributed by atoms with Gasteiger partial charge in [0.25, 0.3) is 0 Å². The summed E-state index contributed by atoms with van der Waals surface area (Å²) in [5.74, 6) is 1.19. The van der Waals surface area contributed by atoms with E-state index in [-0.39, 0.29) is 5.91 Å². The first-order chi connectivity index (χ1) is 12.7. The molecule has 0 atom stereocenters. The number of tetrazole rings is 1. The molecule has 0 bridgehead atoms. The van der Waals surface area contributed by atoms with Crippen molar-refractivity contribution in [3.8, 4) is 11.4 Å². The van der Waals surface area contributed by atoms with Gasteiger partial charge in [0.1, 0.15) is 5.75 Å². The van der Waals surface area contributed by atoms with Gasteiger partial charge in [0.2, 0.25) is 11.1 Å². The van der Waals surface area contributed by atoms with E-state index in [1.165, 1.54) is 11.8 Å². The number of carbonyl (C=O) groups excluding carboxylic acids is 1. The molecule has 2 aromatic rings. The van der Waals surface area contributed by atoms with Crippen molar-refractivity contribution in [3.05, 3.63) is 36.0 Å². The maximum Gasteiger partial charge on any atom is 0.237 e. The van der Waals surface area contributed by atoms with Gasteiger partial charge in [0, 0.05) is 12.2 Å². The Bertz CT molecular complexity index is 772. The second-order valence-corrected chi connectivity index (χ2v) is 6.94. The zero-order chi connectivity index (χ0) is 18.4. The molecule has 1 aromatic heterocycles. The van der Waals surface area contributed by atoms with Crippen molar-refractivity contribution < 1.29 is 9.53 Å². The number of nitrogens with zero attached hydrogens (tertiary/aromatic N) is 5. The number of hydrogen-bond donors (Lipinski definition) is 0. The van der Waals surface area contributed by atoms with Crippen molar-refractivity contribution in [3.63, 3.8) is 0 Å². The molecule has 0 radical (unpaired) electrons. The lowest BCUT2D eigenvalue weighted by molar-refractivity contribution is -0.126. The molecule has 1 amide bonds. The van der Waals surface area contributed by atoms with Gasteiger partial charge in [-0.3, -0.25) is 4.79 Å². The smallest absolute Gasteiger partial charge is 0.237 e. The predicted octanol–water partition coefficient (Wildman–Crippen LogP) is 3.07. The van der Waals surface area contributed by atoms with Crippen molar-refractivity contribution in [2.24, 2.45) is 0 Å². The molecule has 0 fully saturated rings. The molecule has 0 saturated heterocycles. The molecule has 1 aliphatic carbocycles. The fraction of sp³-hybridized carbons (Fsp3) is 0.444. The summed E-state index contributed by atoms with van der Waals surface area (Å²) in [5.41, 5.74) is 1.99. The van der Waals surface area contributed by atoms with E-state index in [1.807, 2.05) is 29.2 Å². The Balaban J connectivity index is 1.67. The first-order valence-corrected chi connectivity index (χ1v) is 9.76. The molecule has 0 N–H and O–H groups in total. The Morgan fingerprint density at radius 2 is 2.15 bits per heavy atom. The summed E-state index contributed by atoms with van der Waals surface area (Å²) in [4.78, 5) is 14.6. The second-order valence-electron chi connectivity index (χ2n) is 5.99. The molecular weight excluding hydrogens is 350 g/mol. The third-order valence-corrected chi connectivity index (χ3v) is 5.10. The minimum Gasteiger partial charge on any atom is -0.497 e. The van der Waals surface area contributed by atoms with Crippen molar-refractivity contribution in [2.75, 3.05) is 19.4 Å². The fourth-order valence-corrected chi connectivity index (χ4v) is 3.68. The van der Waals surface area contributed by atoms with E-state index >= 15 is 0 Å². The Kier molecular flexibility index (Phi) is 6.27. The van der Waals surface area contributed by atoms with Gasteiger partial charge >= 0.3 is 0 Å². The summed E-state index contributed by atoms with van der Waals surface area (Å²) in [7, 11) is 1.63.